The molecular weight excluding hydrogens is 316 g/mol. The molecule has 130 valence electrons. The molecular formula is C20H22N2O3. The van der Waals surface area contributed by atoms with Crippen molar-refractivity contribution in [3.8, 4) is 17.6 Å². The third kappa shape index (κ3) is 4.98. The molecule has 0 radical (unpaired) electrons. The number of carbonyl (C=O) groups is 1. The normalized spacial score (nSPS) is 10.0. The van der Waals surface area contributed by atoms with Crippen LogP contribution in [0.15, 0.2) is 42.5 Å². The van der Waals surface area contributed by atoms with Gasteiger partial charge in [-0.25, -0.2) is 0 Å². The van der Waals surface area contributed by atoms with Crippen molar-refractivity contribution < 1.29 is 14.3 Å². The van der Waals surface area contributed by atoms with Crippen molar-refractivity contribution in [2.75, 3.05) is 20.8 Å². The van der Waals surface area contributed by atoms with Crippen molar-refractivity contribution in [2.24, 2.45) is 0 Å². The maximum atomic E-state index is 12.3. The maximum Gasteiger partial charge on any atom is 0.260 e. The van der Waals surface area contributed by atoms with Gasteiger partial charge in [0.05, 0.1) is 18.7 Å². The van der Waals surface area contributed by atoms with Crippen molar-refractivity contribution in [1.29, 1.82) is 5.26 Å². The average Bonchev–Trinajstić information content (AvgIpc) is 2.66. The fourth-order valence-corrected chi connectivity index (χ4v) is 2.35. The van der Waals surface area contributed by atoms with E-state index in [0.717, 1.165) is 12.0 Å². The third-order valence-electron chi connectivity index (χ3n) is 3.92. The van der Waals surface area contributed by atoms with Gasteiger partial charge in [0, 0.05) is 19.7 Å². The highest BCUT2D eigenvalue weighted by molar-refractivity contribution is 5.77. The van der Waals surface area contributed by atoms with Crippen LogP contribution in [0.25, 0.3) is 0 Å². The fraction of sp³-hybridized carbons (Fsp3) is 0.300. The summed E-state index contributed by atoms with van der Waals surface area (Å²) in [7, 11) is 3.24. The van der Waals surface area contributed by atoms with Crippen molar-refractivity contribution in [1.82, 2.24) is 4.90 Å². The Morgan fingerprint density at radius 1 is 1.12 bits per heavy atom. The Kier molecular flexibility index (Phi) is 6.41. The SMILES string of the molecule is CCc1ccc(CN(C)C(=O)COc2ccc(C#N)cc2OC)cc1. The summed E-state index contributed by atoms with van der Waals surface area (Å²) < 4.78 is 10.8. The number of hydrogen-bond donors (Lipinski definition) is 0. The first-order chi connectivity index (χ1) is 12.1. The van der Waals surface area contributed by atoms with Gasteiger partial charge in [-0.3, -0.25) is 4.79 Å². The van der Waals surface area contributed by atoms with Crippen molar-refractivity contribution in [3.05, 3.63) is 59.2 Å². The van der Waals surface area contributed by atoms with Gasteiger partial charge >= 0.3 is 0 Å². The summed E-state index contributed by atoms with van der Waals surface area (Å²) >= 11 is 0. The Bertz CT molecular complexity index is 764. The maximum absolute atomic E-state index is 12.3. The number of nitriles is 1. The van der Waals surface area contributed by atoms with Gasteiger partial charge in [0.25, 0.3) is 5.91 Å². The topological polar surface area (TPSA) is 62.6 Å². The zero-order valence-electron chi connectivity index (χ0n) is 14.8. The highest BCUT2D eigenvalue weighted by atomic mass is 16.5. The minimum Gasteiger partial charge on any atom is -0.493 e. The Balaban J connectivity index is 1.94. The molecule has 0 N–H and O–H groups in total. The number of amides is 1. The van der Waals surface area contributed by atoms with Gasteiger partial charge in [-0.2, -0.15) is 5.26 Å². The molecule has 0 aliphatic rings. The Hall–Kier alpha value is -3.00. The first-order valence-corrected chi connectivity index (χ1v) is 8.10. The van der Waals surface area contributed by atoms with Gasteiger partial charge < -0.3 is 14.4 Å². The lowest BCUT2D eigenvalue weighted by molar-refractivity contribution is -0.132. The standard InChI is InChI=1S/C20H22N2O3/c1-4-15-5-7-16(8-6-15)13-22(2)20(23)14-25-18-10-9-17(12-21)11-19(18)24-3/h5-11H,4,13-14H2,1-3H3. The van der Waals surface area contributed by atoms with Crippen LogP contribution in [-0.4, -0.2) is 31.6 Å². The molecule has 0 bridgehead atoms. The lowest BCUT2D eigenvalue weighted by Crippen LogP contribution is -2.31. The number of benzene rings is 2. The average molecular weight is 338 g/mol. The molecule has 0 spiro atoms. The minimum absolute atomic E-state index is 0.0915. The lowest BCUT2D eigenvalue weighted by atomic mass is 10.1. The van der Waals surface area contributed by atoms with Crippen molar-refractivity contribution in [3.63, 3.8) is 0 Å². The van der Waals surface area contributed by atoms with Crippen LogP contribution in [0.2, 0.25) is 0 Å². The first kappa shape index (κ1) is 18.3. The van der Waals surface area contributed by atoms with Crippen molar-refractivity contribution >= 4 is 5.91 Å². The van der Waals surface area contributed by atoms with Gasteiger partial charge in [0.15, 0.2) is 18.1 Å². The molecule has 0 aliphatic carbocycles. The van der Waals surface area contributed by atoms with Crippen LogP contribution in [-0.2, 0) is 17.8 Å². The van der Waals surface area contributed by atoms with E-state index < -0.39 is 0 Å². The number of carbonyl (C=O) groups excluding carboxylic acids is 1. The summed E-state index contributed by atoms with van der Waals surface area (Å²) in [6, 6.07) is 15.1. The molecule has 0 unspecified atom stereocenters. The Morgan fingerprint density at radius 3 is 2.40 bits per heavy atom. The zero-order valence-corrected chi connectivity index (χ0v) is 14.8. The van der Waals surface area contributed by atoms with E-state index in [1.54, 1.807) is 30.1 Å². The highest BCUT2D eigenvalue weighted by Gasteiger charge is 2.12. The quantitative estimate of drug-likeness (QED) is 0.778. The van der Waals surface area contributed by atoms with E-state index in [0.29, 0.717) is 23.6 Å². The summed E-state index contributed by atoms with van der Waals surface area (Å²) in [6.45, 7) is 2.54. The predicted octanol–water partition coefficient (Wildman–Crippen LogP) is 3.17. The molecule has 0 aliphatic heterocycles. The second-order valence-electron chi connectivity index (χ2n) is 5.69. The molecule has 0 aromatic heterocycles. The highest BCUT2D eigenvalue weighted by Crippen LogP contribution is 2.27. The van der Waals surface area contributed by atoms with Crippen LogP contribution in [0.3, 0.4) is 0 Å². The van der Waals surface area contributed by atoms with Gasteiger partial charge in [-0.15, -0.1) is 0 Å². The molecule has 0 saturated heterocycles. The molecule has 2 aromatic carbocycles. The number of hydrogen-bond acceptors (Lipinski definition) is 4. The zero-order chi connectivity index (χ0) is 18.2. The summed E-state index contributed by atoms with van der Waals surface area (Å²) in [6.07, 6.45) is 0.995. The number of nitrogens with zero attached hydrogens (tertiary/aromatic N) is 2. The molecule has 2 aromatic rings. The largest absolute Gasteiger partial charge is 0.493 e. The molecule has 2 rings (SSSR count). The molecule has 0 fully saturated rings. The molecule has 0 heterocycles. The Morgan fingerprint density at radius 2 is 1.80 bits per heavy atom. The third-order valence-corrected chi connectivity index (χ3v) is 3.92. The number of rotatable bonds is 7. The van der Waals surface area contributed by atoms with Gasteiger partial charge in [0.2, 0.25) is 0 Å². The van der Waals surface area contributed by atoms with Crippen molar-refractivity contribution in [2.45, 2.75) is 19.9 Å². The second-order valence-corrected chi connectivity index (χ2v) is 5.69. The van der Waals surface area contributed by atoms with Gasteiger partial charge in [-0.05, 0) is 29.7 Å². The van der Waals surface area contributed by atoms with Crippen LogP contribution < -0.4 is 9.47 Å². The predicted molar refractivity (Wildman–Crippen MR) is 95.5 cm³/mol. The van der Waals surface area contributed by atoms with E-state index in [2.05, 4.69) is 19.1 Å². The van der Waals surface area contributed by atoms with E-state index in [1.165, 1.54) is 12.7 Å². The number of likely N-dealkylation sites (N-methyl/N-ethyl adjacent to an activating group) is 1. The van der Waals surface area contributed by atoms with E-state index >= 15 is 0 Å². The number of methoxy groups -OCH3 is 1. The second kappa shape index (κ2) is 8.74. The van der Waals surface area contributed by atoms with Gasteiger partial charge in [-0.1, -0.05) is 31.2 Å². The molecule has 25 heavy (non-hydrogen) atoms. The minimum atomic E-state index is -0.133. The molecule has 0 atom stereocenters. The van der Waals surface area contributed by atoms with E-state index in [9.17, 15) is 4.79 Å². The summed E-state index contributed by atoms with van der Waals surface area (Å²) in [5.74, 6) is 0.742. The monoisotopic (exact) mass is 338 g/mol. The van der Waals surface area contributed by atoms with Crippen LogP contribution in [0.1, 0.15) is 23.6 Å². The van der Waals surface area contributed by atoms with Crippen LogP contribution >= 0.6 is 0 Å². The smallest absolute Gasteiger partial charge is 0.260 e. The molecule has 1 amide bonds. The number of ether oxygens (including phenoxy) is 2. The van der Waals surface area contributed by atoms with Crippen LogP contribution in [0.5, 0.6) is 11.5 Å². The van der Waals surface area contributed by atoms with E-state index in [1.807, 2.05) is 18.2 Å². The summed E-state index contributed by atoms with van der Waals surface area (Å²) in [5, 5.41) is 8.91. The van der Waals surface area contributed by atoms with Crippen LogP contribution in [0, 0.1) is 11.3 Å². The number of aryl methyl sites for hydroxylation is 1. The van der Waals surface area contributed by atoms with Crippen LogP contribution in [0.4, 0.5) is 0 Å². The lowest BCUT2D eigenvalue weighted by Gasteiger charge is -2.18. The molecule has 0 saturated carbocycles. The first-order valence-electron chi connectivity index (χ1n) is 8.10. The molecule has 5 heteroatoms. The van der Waals surface area contributed by atoms with Gasteiger partial charge in [0.1, 0.15) is 0 Å². The summed E-state index contributed by atoms with van der Waals surface area (Å²) in [4.78, 5) is 13.9. The van der Waals surface area contributed by atoms with E-state index in [-0.39, 0.29) is 12.5 Å². The molecule has 5 nitrogen and oxygen atoms in total. The van der Waals surface area contributed by atoms with E-state index in [4.69, 9.17) is 14.7 Å². The Labute approximate surface area is 148 Å². The summed E-state index contributed by atoms with van der Waals surface area (Å²) in [5.41, 5.74) is 2.82. The fourth-order valence-electron chi connectivity index (χ4n) is 2.35.